The van der Waals surface area contributed by atoms with Gasteiger partial charge in [-0.1, -0.05) is 30.3 Å². The van der Waals surface area contributed by atoms with Gasteiger partial charge in [-0.2, -0.15) is 0 Å². The van der Waals surface area contributed by atoms with Gasteiger partial charge in [-0.25, -0.2) is 0 Å². The number of carbonyl (C=O) groups is 2. The number of rotatable bonds is 8. The van der Waals surface area contributed by atoms with E-state index in [-0.39, 0.29) is 24.8 Å². The molecule has 1 aromatic rings. The fraction of sp³-hybridized carbons (Fsp3) is 0.556. The molecule has 6 nitrogen and oxygen atoms in total. The Balaban J connectivity index is 1.97. The first-order chi connectivity index (χ1) is 11.7. The third kappa shape index (κ3) is 5.04. The van der Waals surface area contributed by atoms with Crippen molar-refractivity contribution in [1.29, 1.82) is 0 Å². The highest BCUT2D eigenvalue weighted by Crippen LogP contribution is 2.12. The number of carbonyl (C=O) groups excluding carboxylic acids is 2. The largest absolute Gasteiger partial charge is 0.395 e. The summed E-state index contributed by atoms with van der Waals surface area (Å²) in [4.78, 5) is 28.3. The van der Waals surface area contributed by atoms with E-state index in [4.69, 9.17) is 5.11 Å². The van der Waals surface area contributed by atoms with Crippen LogP contribution in [-0.2, 0) is 16.0 Å². The topological polar surface area (TPSA) is 72.9 Å². The molecule has 0 aliphatic carbocycles. The van der Waals surface area contributed by atoms with Crippen molar-refractivity contribution in [2.75, 3.05) is 39.3 Å². The number of nitrogens with one attached hydrogen (secondary N) is 1. The van der Waals surface area contributed by atoms with Crippen molar-refractivity contribution in [2.45, 2.75) is 25.8 Å². The monoisotopic (exact) mass is 333 g/mol. The maximum Gasteiger partial charge on any atom is 0.237 e. The number of amides is 2. The fourth-order valence-electron chi connectivity index (χ4n) is 3.04. The summed E-state index contributed by atoms with van der Waals surface area (Å²) in [6.07, 6.45) is 1.02. The lowest BCUT2D eigenvalue weighted by Gasteiger charge is -2.35. The van der Waals surface area contributed by atoms with E-state index in [1.807, 2.05) is 25.1 Å². The van der Waals surface area contributed by atoms with Crippen molar-refractivity contribution >= 4 is 11.8 Å². The molecule has 24 heavy (non-hydrogen) atoms. The molecule has 1 fully saturated rings. The summed E-state index contributed by atoms with van der Waals surface area (Å²) in [5.74, 6) is -0.166. The highest BCUT2D eigenvalue weighted by molar-refractivity contribution is 5.88. The number of likely N-dealkylation sites (N-methyl/N-ethyl adjacent to an activating group) is 1. The van der Waals surface area contributed by atoms with E-state index in [1.165, 1.54) is 5.56 Å². The highest BCUT2D eigenvalue weighted by Gasteiger charge is 2.32. The molecule has 0 unspecified atom stereocenters. The Kier molecular flexibility index (Phi) is 7.21. The minimum Gasteiger partial charge on any atom is -0.395 e. The van der Waals surface area contributed by atoms with Crippen LogP contribution in [-0.4, -0.2) is 72.1 Å². The molecule has 0 saturated carbocycles. The van der Waals surface area contributed by atoms with Crippen LogP contribution in [0.5, 0.6) is 0 Å². The maximum atomic E-state index is 12.4. The van der Waals surface area contributed by atoms with Gasteiger partial charge in [0, 0.05) is 32.7 Å². The number of hydrogen-bond donors (Lipinski definition) is 2. The maximum absolute atomic E-state index is 12.4. The van der Waals surface area contributed by atoms with Crippen LogP contribution >= 0.6 is 0 Å². The molecule has 1 atom stereocenters. The molecule has 1 heterocycles. The van der Waals surface area contributed by atoms with Crippen molar-refractivity contribution in [3.63, 3.8) is 0 Å². The second-order valence-corrected chi connectivity index (χ2v) is 5.98. The van der Waals surface area contributed by atoms with Crippen LogP contribution in [0.4, 0.5) is 0 Å². The molecule has 2 amide bonds. The molecule has 2 rings (SSSR count). The zero-order valence-electron chi connectivity index (χ0n) is 14.3. The van der Waals surface area contributed by atoms with Crippen LogP contribution in [0.1, 0.15) is 18.9 Å². The average molecular weight is 333 g/mol. The van der Waals surface area contributed by atoms with E-state index in [0.29, 0.717) is 19.6 Å². The van der Waals surface area contributed by atoms with Crippen LogP contribution in [0.2, 0.25) is 0 Å². The van der Waals surface area contributed by atoms with Crippen molar-refractivity contribution in [1.82, 2.24) is 15.1 Å². The lowest BCUT2D eigenvalue weighted by atomic mass is 10.1. The van der Waals surface area contributed by atoms with E-state index < -0.39 is 6.04 Å². The molecular formula is C18H27N3O3. The van der Waals surface area contributed by atoms with Gasteiger partial charge in [0.2, 0.25) is 11.8 Å². The van der Waals surface area contributed by atoms with Gasteiger partial charge in [0.15, 0.2) is 0 Å². The molecule has 0 aromatic heterocycles. The number of aliphatic hydroxyl groups is 1. The van der Waals surface area contributed by atoms with Gasteiger partial charge in [0.25, 0.3) is 0 Å². The van der Waals surface area contributed by atoms with Crippen LogP contribution in [0, 0.1) is 0 Å². The molecule has 1 saturated heterocycles. The van der Waals surface area contributed by atoms with Gasteiger partial charge in [-0.3, -0.25) is 14.5 Å². The Morgan fingerprint density at radius 1 is 1.38 bits per heavy atom. The van der Waals surface area contributed by atoms with Gasteiger partial charge in [0.1, 0.15) is 0 Å². The third-order valence-electron chi connectivity index (χ3n) is 4.44. The zero-order valence-corrected chi connectivity index (χ0v) is 14.3. The van der Waals surface area contributed by atoms with E-state index in [2.05, 4.69) is 22.3 Å². The Morgan fingerprint density at radius 3 is 2.79 bits per heavy atom. The first-order valence-electron chi connectivity index (χ1n) is 8.60. The Bertz CT molecular complexity index is 536. The van der Waals surface area contributed by atoms with E-state index >= 15 is 0 Å². The second kappa shape index (κ2) is 9.39. The number of piperazine rings is 1. The van der Waals surface area contributed by atoms with Gasteiger partial charge in [-0.05, 0) is 18.9 Å². The van der Waals surface area contributed by atoms with Gasteiger partial charge in [0.05, 0.1) is 19.1 Å². The van der Waals surface area contributed by atoms with Gasteiger partial charge < -0.3 is 15.3 Å². The van der Waals surface area contributed by atoms with E-state index in [9.17, 15) is 9.59 Å². The van der Waals surface area contributed by atoms with Crippen molar-refractivity contribution in [2.24, 2.45) is 0 Å². The average Bonchev–Trinajstić information content (AvgIpc) is 2.61. The Hall–Kier alpha value is -1.92. The molecule has 0 bridgehead atoms. The SMILES string of the molecule is CCN(CCO)C(=O)C[C@H]1C(=O)NCCN1CCc1ccccc1. The molecule has 6 heteroatoms. The standard InChI is InChI=1S/C18H27N3O3/c1-2-20(12-13-22)17(23)14-16-18(24)19-9-11-21(16)10-8-15-6-4-3-5-7-15/h3-7,16,22H,2,8-14H2,1H3,(H,19,24)/t16-/m0/s1. The Labute approximate surface area is 143 Å². The smallest absolute Gasteiger partial charge is 0.237 e. The van der Waals surface area contributed by atoms with Gasteiger partial charge in [-0.15, -0.1) is 0 Å². The van der Waals surface area contributed by atoms with E-state index in [0.717, 1.165) is 19.5 Å². The number of hydrogen-bond acceptors (Lipinski definition) is 4. The second-order valence-electron chi connectivity index (χ2n) is 5.98. The predicted molar refractivity (Wildman–Crippen MR) is 92.5 cm³/mol. The fourth-order valence-corrected chi connectivity index (χ4v) is 3.04. The van der Waals surface area contributed by atoms with E-state index in [1.54, 1.807) is 4.90 Å². The molecule has 1 aliphatic rings. The van der Waals surface area contributed by atoms with Crippen molar-refractivity contribution in [3.8, 4) is 0 Å². The third-order valence-corrected chi connectivity index (χ3v) is 4.44. The molecule has 0 spiro atoms. The summed E-state index contributed by atoms with van der Waals surface area (Å²) >= 11 is 0. The van der Waals surface area contributed by atoms with Gasteiger partial charge >= 0.3 is 0 Å². The first-order valence-corrected chi connectivity index (χ1v) is 8.60. The normalized spacial score (nSPS) is 18.2. The predicted octanol–water partition coefficient (Wildman–Crippen LogP) is 0.260. The Morgan fingerprint density at radius 2 is 2.12 bits per heavy atom. The zero-order chi connectivity index (χ0) is 17.4. The molecule has 132 valence electrons. The quantitative estimate of drug-likeness (QED) is 0.716. The van der Waals surface area contributed by atoms with Crippen LogP contribution in [0.25, 0.3) is 0 Å². The van der Waals surface area contributed by atoms with Crippen LogP contribution < -0.4 is 5.32 Å². The minimum absolute atomic E-state index is 0.0613. The molecule has 1 aliphatic heterocycles. The molecule has 0 radical (unpaired) electrons. The lowest BCUT2D eigenvalue weighted by Crippen LogP contribution is -2.57. The first kappa shape index (κ1) is 18.4. The highest BCUT2D eigenvalue weighted by atomic mass is 16.3. The summed E-state index contributed by atoms with van der Waals surface area (Å²) < 4.78 is 0. The summed E-state index contributed by atoms with van der Waals surface area (Å²) in [7, 11) is 0. The summed E-state index contributed by atoms with van der Waals surface area (Å²) in [6.45, 7) is 4.79. The number of benzene rings is 1. The molecular weight excluding hydrogens is 306 g/mol. The number of aliphatic hydroxyl groups excluding tert-OH is 1. The number of nitrogens with zero attached hydrogens (tertiary/aromatic N) is 2. The summed E-state index contributed by atoms with van der Waals surface area (Å²) in [5, 5.41) is 11.9. The minimum atomic E-state index is -0.428. The molecule has 1 aromatic carbocycles. The lowest BCUT2D eigenvalue weighted by molar-refractivity contribution is -0.139. The summed E-state index contributed by atoms with van der Waals surface area (Å²) in [5.41, 5.74) is 1.23. The molecule has 2 N–H and O–H groups in total. The van der Waals surface area contributed by atoms with Crippen LogP contribution in [0.15, 0.2) is 30.3 Å². The van der Waals surface area contributed by atoms with Crippen molar-refractivity contribution in [3.05, 3.63) is 35.9 Å². The van der Waals surface area contributed by atoms with Crippen LogP contribution in [0.3, 0.4) is 0 Å². The van der Waals surface area contributed by atoms with Crippen molar-refractivity contribution < 1.29 is 14.7 Å². The summed E-state index contributed by atoms with van der Waals surface area (Å²) in [6, 6.07) is 9.72.